The van der Waals surface area contributed by atoms with Crippen molar-refractivity contribution < 1.29 is 4.74 Å². The van der Waals surface area contributed by atoms with Crippen LogP contribution in [0.4, 0.5) is 5.82 Å². The second-order valence-electron chi connectivity index (χ2n) is 5.34. The van der Waals surface area contributed by atoms with E-state index in [1.165, 1.54) is 12.8 Å². The van der Waals surface area contributed by atoms with E-state index in [0.29, 0.717) is 18.7 Å². The van der Waals surface area contributed by atoms with E-state index in [1.54, 1.807) is 7.11 Å². The molecule has 0 aliphatic heterocycles. The molecule has 1 fully saturated rings. The van der Waals surface area contributed by atoms with E-state index in [4.69, 9.17) is 21.3 Å². The Labute approximate surface area is 126 Å². The molecule has 0 bridgehead atoms. The normalized spacial score (nSPS) is 16.2. The van der Waals surface area contributed by atoms with Crippen molar-refractivity contribution in [1.29, 1.82) is 0 Å². The summed E-state index contributed by atoms with van der Waals surface area (Å²) >= 11 is 6.24. The first-order valence-electron chi connectivity index (χ1n) is 7.30. The van der Waals surface area contributed by atoms with E-state index < -0.39 is 0 Å². The van der Waals surface area contributed by atoms with Gasteiger partial charge in [0.15, 0.2) is 0 Å². The highest BCUT2D eigenvalue weighted by Gasteiger charge is 2.21. The summed E-state index contributed by atoms with van der Waals surface area (Å²) < 4.78 is 5.24. The van der Waals surface area contributed by atoms with Crippen molar-refractivity contribution in [1.82, 2.24) is 10.3 Å². The van der Waals surface area contributed by atoms with Gasteiger partial charge in [-0.15, -0.1) is 0 Å². The molecule has 2 rings (SSSR count). The van der Waals surface area contributed by atoms with Gasteiger partial charge in [0.25, 0.3) is 0 Å². The Balaban J connectivity index is 2.10. The molecule has 5 heteroatoms. The minimum Gasteiger partial charge on any atom is -0.383 e. The highest BCUT2D eigenvalue weighted by molar-refractivity contribution is 6.31. The quantitative estimate of drug-likeness (QED) is 0.801. The van der Waals surface area contributed by atoms with Gasteiger partial charge in [0.1, 0.15) is 5.82 Å². The Morgan fingerprint density at radius 1 is 1.50 bits per heavy atom. The number of ether oxygens (including phenoxy) is 1. The molecule has 1 atom stereocenters. The third-order valence-electron chi connectivity index (χ3n) is 3.61. The fourth-order valence-corrected chi connectivity index (χ4v) is 2.49. The third-order valence-corrected chi connectivity index (χ3v) is 3.96. The van der Waals surface area contributed by atoms with Crippen LogP contribution in [0, 0.1) is 0 Å². The number of hydrogen-bond donors (Lipinski definition) is 1. The smallest absolute Gasteiger partial charge is 0.129 e. The van der Waals surface area contributed by atoms with E-state index in [0.717, 1.165) is 29.6 Å². The average Bonchev–Trinajstić information content (AvgIpc) is 3.24. The van der Waals surface area contributed by atoms with Crippen molar-refractivity contribution >= 4 is 17.4 Å². The Kier molecular flexibility index (Phi) is 5.64. The van der Waals surface area contributed by atoms with Gasteiger partial charge in [0, 0.05) is 26.2 Å². The summed E-state index contributed by atoms with van der Waals surface area (Å²) in [5.74, 6) is 0.967. The van der Waals surface area contributed by atoms with Crippen LogP contribution < -0.4 is 10.2 Å². The van der Waals surface area contributed by atoms with Crippen LogP contribution in [0.25, 0.3) is 0 Å². The molecule has 1 heterocycles. The molecule has 0 spiro atoms. The number of likely N-dealkylation sites (N-methyl/N-ethyl adjacent to an activating group) is 1. The number of nitrogens with zero attached hydrogens (tertiary/aromatic N) is 2. The fourth-order valence-electron chi connectivity index (χ4n) is 2.32. The summed E-state index contributed by atoms with van der Waals surface area (Å²) in [6, 6.07) is 4.88. The Hall–Kier alpha value is -0.840. The van der Waals surface area contributed by atoms with Crippen molar-refractivity contribution in [2.75, 3.05) is 25.2 Å². The van der Waals surface area contributed by atoms with Crippen molar-refractivity contribution in [3.05, 3.63) is 22.8 Å². The van der Waals surface area contributed by atoms with E-state index in [2.05, 4.69) is 24.1 Å². The van der Waals surface area contributed by atoms with Crippen LogP contribution >= 0.6 is 11.6 Å². The second kappa shape index (κ2) is 7.25. The highest BCUT2D eigenvalue weighted by Crippen LogP contribution is 2.23. The van der Waals surface area contributed by atoms with E-state index in [1.807, 2.05) is 12.1 Å². The molecular weight excluding hydrogens is 274 g/mol. The standard InChI is InChI=1S/C15H24ClN3O/c1-4-19(11(2)10-20-3)15-8-7-13(16)14(18-15)9-17-12-5-6-12/h7-8,11-12,17H,4-6,9-10H2,1-3H3. The lowest BCUT2D eigenvalue weighted by atomic mass is 10.2. The molecule has 0 saturated heterocycles. The molecule has 1 N–H and O–H groups in total. The van der Waals surface area contributed by atoms with Gasteiger partial charge < -0.3 is 15.0 Å². The predicted octanol–water partition coefficient (Wildman–Crippen LogP) is 2.85. The van der Waals surface area contributed by atoms with Crippen molar-refractivity contribution in [3.8, 4) is 0 Å². The lowest BCUT2D eigenvalue weighted by molar-refractivity contribution is 0.181. The molecule has 1 aromatic rings. The van der Waals surface area contributed by atoms with Gasteiger partial charge in [-0.25, -0.2) is 4.98 Å². The Bertz CT molecular complexity index is 437. The number of anilines is 1. The molecule has 4 nitrogen and oxygen atoms in total. The summed E-state index contributed by atoms with van der Waals surface area (Å²) in [7, 11) is 1.73. The van der Waals surface area contributed by atoms with Crippen LogP contribution in [-0.2, 0) is 11.3 Å². The Morgan fingerprint density at radius 3 is 2.85 bits per heavy atom. The number of hydrogen-bond acceptors (Lipinski definition) is 4. The Morgan fingerprint density at radius 2 is 2.25 bits per heavy atom. The number of nitrogens with one attached hydrogen (secondary N) is 1. The number of aromatic nitrogens is 1. The molecule has 0 amide bonds. The lowest BCUT2D eigenvalue weighted by Gasteiger charge is -2.29. The van der Waals surface area contributed by atoms with Crippen LogP contribution in [0.1, 0.15) is 32.4 Å². The highest BCUT2D eigenvalue weighted by atomic mass is 35.5. The monoisotopic (exact) mass is 297 g/mol. The van der Waals surface area contributed by atoms with Gasteiger partial charge in [0.05, 0.1) is 23.4 Å². The summed E-state index contributed by atoms with van der Waals surface area (Å²) in [5.41, 5.74) is 0.930. The molecule has 1 unspecified atom stereocenters. The molecule has 0 radical (unpaired) electrons. The molecule has 20 heavy (non-hydrogen) atoms. The third kappa shape index (κ3) is 4.08. The molecule has 1 saturated carbocycles. The lowest BCUT2D eigenvalue weighted by Crippen LogP contribution is -2.37. The predicted molar refractivity (Wildman–Crippen MR) is 83.5 cm³/mol. The van der Waals surface area contributed by atoms with Crippen molar-refractivity contribution in [2.24, 2.45) is 0 Å². The minimum atomic E-state index is 0.294. The summed E-state index contributed by atoms with van der Waals surface area (Å²) in [5, 5.41) is 4.20. The first-order valence-corrected chi connectivity index (χ1v) is 7.67. The van der Waals surface area contributed by atoms with Gasteiger partial charge in [0.2, 0.25) is 0 Å². The maximum atomic E-state index is 6.24. The number of halogens is 1. The first-order chi connectivity index (χ1) is 9.65. The van der Waals surface area contributed by atoms with Crippen molar-refractivity contribution in [3.63, 3.8) is 0 Å². The van der Waals surface area contributed by atoms with Crippen LogP contribution in [0.5, 0.6) is 0 Å². The molecule has 1 aromatic heterocycles. The van der Waals surface area contributed by atoms with Crippen LogP contribution in [0.2, 0.25) is 5.02 Å². The van der Waals surface area contributed by atoms with E-state index >= 15 is 0 Å². The first kappa shape index (κ1) is 15.5. The SMILES string of the molecule is CCN(c1ccc(Cl)c(CNC2CC2)n1)C(C)COC. The van der Waals surface area contributed by atoms with Crippen LogP contribution in [0.15, 0.2) is 12.1 Å². The van der Waals surface area contributed by atoms with Crippen molar-refractivity contribution in [2.45, 2.75) is 45.3 Å². The summed E-state index contributed by atoms with van der Waals surface area (Å²) in [4.78, 5) is 6.96. The largest absolute Gasteiger partial charge is 0.383 e. The zero-order valence-corrected chi connectivity index (χ0v) is 13.3. The van der Waals surface area contributed by atoms with Gasteiger partial charge in [-0.2, -0.15) is 0 Å². The zero-order chi connectivity index (χ0) is 14.5. The molecule has 1 aliphatic rings. The summed E-state index contributed by atoms with van der Waals surface area (Å²) in [6.45, 7) is 6.60. The van der Waals surface area contributed by atoms with E-state index in [9.17, 15) is 0 Å². The topological polar surface area (TPSA) is 37.4 Å². The van der Waals surface area contributed by atoms with Crippen LogP contribution in [-0.4, -0.2) is 37.3 Å². The zero-order valence-electron chi connectivity index (χ0n) is 12.5. The number of rotatable bonds is 8. The number of pyridine rings is 1. The van der Waals surface area contributed by atoms with Gasteiger partial charge in [-0.05, 0) is 38.8 Å². The molecule has 0 aromatic carbocycles. The molecular formula is C15H24ClN3O. The van der Waals surface area contributed by atoms with Crippen LogP contribution in [0.3, 0.4) is 0 Å². The van der Waals surface area contributed by atoms with Gasteiger partial charge >= 0.3 is 0 Å². The number of methoxy groups -OCH3 is 1. The summed E-state index contributed by atoms with van der Waals surface area (Å²) in [6.07, 6.45) is 2.53. The van der Waals surface area contributed by atoms with Gasteiger partial charge in [-0.3, -0.25) is 0 Å². The molecule has 1 aliphatic carbocycles. The maximum Gasteiger partial charge on any atom is 0.129 e. The van der Waals surface area contributed by atoms with E-state index in [-0.39, 0.29) is 0 Å². The fraction of sp³-hybridized carbons (Fsp3) is 0.667. The molecule has 112 valence electrons. The maximum absolute atomic E-state index is 6.24. The average molecular weight is 298 g/mol. The minimum absolute atomic E-state index is 0.294. The van der Waals surface area contributed by atoms with Gasteiger partial charge in [-0.1, -0.05) is 11.6 Å². The second-order valence-corrected chi connectivity index (χ2v) is 5.75.